The van der Waals surface area contributed by atoms with Gasteiger partial charge in [-0.2, -0.15) is 0 Å². The van der Waals surface area contributed by atoms with Crippen LogP contribution in [-0.2, 0) is 11.3 Å². The van der Waals surface area contributed by atoms with Crippen molar-refractivity contribution in [1.29, 1.82) is 0 Å². The molecule has 180 valence electrons. The first-order valence-electron chi connectivity index (χ1n) is 10.6. The average Bonchev–Trinajstić information content (AvgIpc) is 3.24. The number of esters is 1. The number of aryl methyl sites for hydroxylation is 2. The van der Waals surface area contributed by atoms with Gasteiger partial charge in [-0.1, -0.05) is 6.07 Å². The summed E-state index contributed by atoms with van der Waals surface area (Å²) in [5.41, 5.74) is 1.95. The van der Waals surface area contributed by atoms with E-state index in [1.54, 1.807) is 50.2 Å². The number of amides is 1. The normalized spacial score (nSPS) is 10.7. The molecular formula is C25H23N3O7. The van der Waals surface area contributed by atoms with E-state index in [9.17, 15) is 14.4 Å². The maximum Gasteiger partial charge on any atom is 0.338 e. The fourth-order valence-electron chi connectivity index (χ4n) is 3.39. The third-order valence-electron chi connectivity index (χ3n) is 5.21. The predicted octanol–water partition coefficient (Wildman–Crippen LogP) is 3.53. The maximum absolute atomic E-state index is 12.8. The lowest BCUT2D eigenvalue weighted by Crippen LogP contribution is -2.16. The van der Waals surface area contributed by atoms with Gasteiger partial charge in [-0.15, -0.1) is 4.57 Å². The van der Waals surface area contributed by atoms with Crippen LogP contribution in [0.15, 0.2) is 57.8 Å². The molecule has 2 heterocycles. The fourth-order valence-corrected chi connectivity index (χ4v) is 3.39. The molecule has 4 rings (SSSR count). The molecule has 0 saturated heterocycles. The van der Waals surface area contributed by atoms with E-state index >= 15 is 0 Å². The first-order valence-corrected chi connectivity index (χ1v) is 10.6. The molecule has 0 saturated carbocycles. The van der Waals surface area contributed by atoms with Crippen molar-refractivity contribution in [2.45, 2.75) is 20.5 Å². The Bertz CT molecular complexity index is 1460. The molecule has 0 unspecified atom stereocenters. The Morgan fingerprint density at radius 3 is 2.37 bits per heavy atom. The van der Waals surface area contributed by atoms with Crippen molar-refractivity contribution < 1.29 is 28.3 Å². The first-order chi connectivity index (χ1) is 16.8. The summed E-state index contributed by atoms with van der Waals surface area (Å²) in [6, 6.07) is 12.5. The number of benzene rings is 2. The number of rotatable bonds is 7. The standard InChI is InChI=1S/C25H23N3O7/c1-14-5-6-16(10-21(14)27-24(30)17-8-19(32-3)12-20(9-17)33-4)25(31)34-13-18-11-23(29)28-22(26-18)7-15(2)35-28/h5-12H,13H2,1-4H3,(H,27,30). The van der Waals surface area contributed by atoms with Gasteiger partial charge in [0.25, 0.3) is 11.5 Å². The number of carbonyl (C=O) groups excluding carboxylic acids is 2. The second kappa shape index (κ2) is 9.72. The Hall–Kier alpha value is -4.60. The van der Waals surface area contributed by atoms with Crippen LogP contribution in [0.2, 0.25) is 0 Å². The predicted molar refractivity (Wildman–Crippen MR) is 126 cm³/mol. The van der Waals surface area contributed by atoms with Crippen LogP contribution < -0.4 is 20.3 Å². The zero-order valence-electron chi connectivity index (χ0n) is 19.6. The Morgan fingerprint density at radius 2 is 1.69 bits per heavy atom. The van der Waals surface area contributed by atoms with Crippen molar-refractivity contribution in [3.8, 4) is 11.5 Å². The average molecular weight is 477 g/mol. The highest BCUT2D eigenvalue weighted by atomic mass is 16.5. The summed E-state index contributed by atoms with van der Waals surface area (Å²) in [7, 11) is 2.99. The maximum atomic E-state index is 12.8. The first kappa shape index (κ1) is 23.6. The van der Waals surface area contributed by atoms with E-state index in [1.807, 2.05) is 0 Å². The summed E-state index contributed by atoms with van der Waals surface area (Å²) in [4.78, 5) is 41.9. The minimum atomic E-state index is -0.631. The molecule has 0 fully saturated rings. The third kappa shape index (κ3) is 5.16. The summed E-state index contributed by atoms with van der Waals surface area (Å²) in [5, 5.41) is 2.80. The van der Waals surface area contributed by atoms with Gasteiger partial charge in [-0.25, -0.2) is 9.78 Å². The lowest BCUT2D eigenvalue weighted by molar-refractivity contribution is 0.0467. The number of fused-ring (bicyclic) bond motifs is 1. The van der Waals surface area contributed by atoms with Crippen molar-refractivity contribution in [2.75, 3.05) is 19.5 Å². The molecule has 1 N–H and O–H groups in total. The minimum Gasteiger partial charge on any atom is -0.497 e. The monoisotopic (exact) mass is 477 g/mol. The Labute approximate surface area is 200 Å². The zero-order chi connectivity index (χ0) is 25.1. The lowest BCUT2D eigenvalue weighted by Gasteiger charge is -2.12. The molecule has 4 aromatic rings. The van der Waals surface area contributed by atoms with Crippen LogP contribution in [0, 0.1) is 13.8 Å². The van der Waals surface area contributed by atoms with Gasteiger partial charge >= 0.3 is 5.97 Å². The largest absolute Gasteiger partial charge is 0.497 e. The number of nitrogens with zero attached hydrogens (tertiary/aromatic N) is 2. The van der Waals surface area contributed by atoms with Crippen LogP contribution in [0.3, 0.4) is 0 Å². The van der Waals surface area contributed by atoms with E-state index in [0.29, 0.717) is 34.2 Å². The second-order valence-electron chi connectivity index (χ2n) is 7.75. The highest BCUT2D eigenvalue weighted by Crippen LogP contribution is 2.24. The number of aromatic nitrogens is 2. The van der Waals surface area contributed by atoms with Gasteiger partial charge in [0.15, 0.2) is 5.65 Å². The van der Waals surface area contributed by atoms with E-state index < -0.39 is 17.4 Å². The Kier molecular flexibility index (Phi) is 6.54. The highest BCUT2D eigenvalue weighted by Gasteiger charge is 2.15. The second-order valence-corrected chi connectivity index (χ2v) is 7.75. The zero-order valence-corrected chi connectivity index (χ0v) is 19.6. The summed E-state index contributed by atoms with van der Waals surface area (Å²) in [6.45, 7) is 3.30. The molecule has 10 heteroatoms. The Morgan fingerprint density at radius 1 is 0.971 bits per heavy atom. The molecular weight excluding hydrogens is 454 g/mol. The molecule has 0 aliphatic rings. The fraction of sp³-hybridized carbons (Fsp3) is 0.200. The molecule has 0 atom stereocenters. The van der Waals surface area contributed by atoms with Crippen LogP contribution >= 0.6 is 0 Å². The number of ether oxygens (including phenoxy) is 3. The van der Waals surface area contributed by atoms with Crippen LogP contribution in [0.1, 0.15) is 37.7 Å². The topological polar surface area (TPSA) is 121 Å². The van der Waals surface area contributed by atoms with Gasteiger partial charge in [-0.05, 0) is 43.7 Å². The quantitative estimate of drug-likeness (QED) is 0.401. The van der Waals surface area contributed by atoms with Gasteiger partial charge < -0.3 is 24.1 Å². The molecule has 0 spiro atoms. The van der Waals surface area contributed by atoms with Gasteiger partial charge in [0.05, 0.1) is 25.5 Å². The number of nitrogens with one attached hydrogen (secondary N) is 1. The third-order valence-corrected chi connectivity index (χ3v) is 5.21. The molecule has 0 bridgehead atoms. The number of hydrogen-bond acceptors (Lipinski definition) is 8. The van der Waals surface area contributed by atoms with Crippen LogP contribution in [0.5, 0.6) is 11.5 Å². The smallest absolute Gasteiger partial charge is 0.338 e. The van der Waals surface area contributed by atoms with Gasteiger partial charge in [-0.3, -0.25) is 9.59 Å². The lowest BCUT2D eigenvalue weighted by atomic mass is 10.1. The van der Waals surface area contributed by atoms with E-state index in [2.05, 4.69) is 10.3 Å². The van der Waals surface area contributed by atoms with Crippen LogP contribution in [-0.4, -0.2) is 35.7 Å². The number of carbonyl (C=O) groups is 2. The van der Waals surface area contributed by atoms with Gasteiger partial charge in [0.2, 0.25) is 0 Å². The number of anilines is 1. The van der Waals surface area contributed by atoms with Crippen LogP contribution in [0.4, 0.5) is 5.69 Å². The molecule has 2 aromatic carbocycles. The minimum absolute atomic E-state index is 0.200. The van der Waals surface area contributed by atoms with Crippen molar-refractivity contribution >= 4 is 23.2 Å². The van der Waals surface area contributed by atoms with E-state index in [0.717, 1.165) is 10.1 Å². The summed E-state index contributed by atoms with van der Waals surface area (Å²) >= 11 is 0. The molecule has 10 nitrogen and oxygen atoms in total. The van der Waals surface area contributed by atoms with Crippen molar-refractivity contribution in [3.05, 3.63) is 87.0 Å². The molecule has 2 aromatic heterocycles. The van der Waals surface area contributed by atoms with Crippen LogP contribution in [0.25, 0.3) is 5.65 Å². The summed E-state index contributed by atoms with van der Waals surface area (Å²) < 4.78 is 22.1. The molecule has 0 aliphatic carbocycles. The number of hydrogen-bond donors (Lipinski definition) is 1. The summed E-state index contributed by atoms with van der Waals surface area (Å²) in [6.07, 6.45) is 0. The van der Waals surface area contributed by atoms with Gasteiger partial charge in [0, 0.05) is 29.4 Å². The highest BCUT2D eigenvalue weighted by molar-refractivity contribution is 6.05. The van der Waals surface area contributed by atoms with Gasteiger partial charge in [0.1, 0.15) is 23.9 Å². The van der Waals surface area contributed by atoms with E-state index in [1.165, 1.54) is 26.4 Å². The van der Waals surface area contributed by atoms with Crippen molar-refractivity contribution in [1.82, 2.24) is 9.56 Å². The van der Waals surface area contributed by atoms with E-state index in [-0.39, 0.29) is 17.9 Å². The van der Waals surface area contributed by atoms with Crippen molar-refractivity contribution in [2.24, 2.45) is 0 Å². The molecule has 35 heavy (non-hydrogen) atoms. The molecule has 0 aliphatic heterocycles. The van der Waals surface area contributed by atoms with E-state index in [4.69, 9.17) is 18.7 Å². The Balaban J connectivity index is 1.49. The van der Waals surface area contributed by atoms with Crippen molar-refractivity contribution in [3.63, 3.8) is 0 Å². The summed E-state index contributed by atoms with van der Waals surface area (Å²) in [5.74, 6) is 0.449. The number of methoxy groups -OCH3 is 2. The molecule has 0 radical (unpaired) electrons. The molecule has 1 amide bonds. The SMILES string of the molecule is COc1cc(OC)cc(C(=O)Nc2cc(C(=O)OCc3cc(=O)n4oc(C)cc4n3)ccc2C)c1.